The Morgan fingerprint density at radius 3 is 2.78 bits per heavy atom. The molecule has 1 aliphatic rings. The molecule has 0 unspecified atom stereocenters. The number of aromatic nitrogens is 2. The van der Waals surface area contributed by atoms with Crippen molar-refractivity contribution in [2.45, 2.75) is 25.7 Å². The standard InChI is InChI=1S/C20H24N4O3/c25-19(24-11-2-1-3-12-24)15-27-18-6-4-5-16(13-18)20(26)23-8-7-17-14-21-9-10-22-17/h4-6,9-10,13-14H,1-3,7-8,11-12,15H2,(H,23,26). The van der Waals surface area contributed by atoms with Gasteiger partial charge in [0.2, 0.25) is 0 Å². The first-order valence-corrected chi connectivity index (χ1v) is 9.26. The van der Waals surface area contributed by atoms with Crippen LogP contribution in [-0.2, 0) is 11.2 Å². The molecule has 0 spiro atoms. The average Bonchev–Trinajstić information content (AvgIpc) is 2.73. The first kappa shape index (κ1) is 18.8. The van der Waals surface area contributed by atoms with E-state index in [1.54, 1.807) is 42.9 Å². The Labute approximate surface area is 158 Å². The van der Waals surface area contributed by atoms with Gasteiger partial charge >= 0.3 is 0 Å². The molecule has 0 radical (unpaired) electrons. The smallest absolute Gasteiger partial charge is 0.260 e. The molecule has 0 saturated carbocycles. The SMILES string of the molecule is O=C(NCCc1cnccn1)c1cccc(OCC(=O)N2CCCCC2)c1. The molecule has 0 bridgehead atoms. The number of piperidine rings is 1. The molecule has 1 aromatic carbocycles. The fourth-order valence-electron chi connectivity index (χ4n) is 2.97. The van der Waals surface area contributed by atoms with E-state index in [0.29, 0.717) is 24.3 Å². The summed E-state index contributed by atoms with van der Waals surface area (Å²) < 4.78 is 5.60. The first-order valence-electron chi connectivity index (χ1n) is 9.26. The number of benzene rings is 1. The molecular weight excluding hydrogens is 344 g/mol. The van der Waals surface area contributed by atoms with E-state index in [1.807, 2.05) is 4.90 Å². The molecule has 27 heavy (non-hydrogen) atoms. The van der Waals surface area contributed by atoms with Crippen molar-refractivity contribution in [2.75, 3.05) is 26.2 Å². The number of rotatable bonds is 7. The summed E-state index contributed by atoms with van der Waals surface area (Å²) in [4.78, 5) is 34.5. The predicted octanol–water partition coefficient (Wildman–Crippen LogP) is 1.84. The van der Waals surface area contributed by atoms with Crippen molar-refractivity contribution in [3.8, 4) is 5.75 Å². The summed E-state index contributed by atoms with van der Waals surface area (Å²) in [7, 11) is 0. The largest absolute Gasteiger partial charge is 0.484 e. The van der Waals surface area contributed by atoms with E-state index < -0.39 is 0 Å². The fraction of sp³-hybridized carbons (Fsp3) is 0.400. The minimum absolute atomic E-state index is 0.00223. The summed E-state index contributed by atoms with van der Waals surface area (Å²) in [5, 5.41) is 2.85. The van der Waals surface area contributed by atoms with Crippen LogP contribution in [0.25, 0.3) is 0 Å². The predicted molar refractivity (Wildman–Crippen MR) is 100 cm³/mol. The van der Waals surface area contributed by atoms with Gasteiger partial charge in [0.1, 0.15) is 5.75 Å². The fourth-order valence-corrected chi connectivity index (χ4v) is 2.97. The number of nitrogens with one attached hydrogen (secondary N) is 1. The Hall–Kier alpha value is -2.96. The molecule has 1 saturated heterocycles. The number of nitrogens with zero attached hydrogens (tertiary/aromatic N) is 3. The van der Waals surface area contributed by atoms with Crippen molar-refractivity contribution in [3.63, 3.8) is 0 Å². The Kier molecular flexibility index (Phi) is 6.73. The average molecular weight is 368 g/mol. The Balaban J connectivity index is 1.47. The maximum Gasteiger partial charge on any atom is 0.260 e. The number of carbonyl (C=O) groups excluding carboxylic acids is 2. The summed E-state index contributed by atoms with van der Waals surface area (Å²) in [5.74, 6) is 0.321. The summed E-state index contributed by atoms with van der Waals surface area (Å²) in [6.45, 7) is 2.07. The molecule has 142 valence electrons. The lowest BCUT2D eigenvalue weighted by molar-refractivity contribution is -0.134. The molecule has 2 aromatic rings. The second-order valence-corrected chi connectivity index (χ2v) is 6.46. The van der Waals surface area contributed by atoms with Crippen LogP contribution in [0, 0.1) is 0 Å². The minimum atomic E-state index is -0.188. The molecule has 0 atom stereocenters. The van der Waals surface area contributed by atoms with E-state index >= 15 is 0 Å². The van der Waals surface area contributed by atoms with E-state index in [4.69, 9.17) is 4.74 Å². The highest BCUT2D eigenvalue weighted by molar-refractivity contribution is 5.94. The molecule has 7 heteroatoms. The Bertz CT molecular complexity index is 761. The molecule has 3 rings (SSSR count). The van der Waals surface area contributed by atoms with Crippen LogP contribution in [0.2, 0.25) is 0 Å². The normalized spacial score (nSPS) is 13.9. The van der Waals surface area contributed by atoms with E-state index in [9.17, 15) is 9.59 Å². The number of carbonyl (C=O) groups is 2. The Morgan fingerprint density at radius 2 is 2.00 bits per heavy atom. The second-order valence-electron chi connectivity index (χ2n) is 6.46. The highest BCUT2D eigenvalue weighted by Gasteiger charge is 2.17. The maximum atomic E-state index is 12.3. The van der Waals surface area contributed by atoms with Gasteiger partial charge in [-0.3, -0.25) is 19.6 Å². The molecule has 1 aliphatic heterocycles. The summed E-state index contributed by atoms with van der Waals surface area (Å²) in [6.07, 6.45) is 8.82. The third-order valence-electron chi connectivity index (χ3n) is 4.45. The Morgan fingerprint density at radius 1 is 1.15 bits per heavy atom. The van der Waals surface area contributed by atoms with Gasteiger partial charge in [-0.25, -0.2) is 0 Å². The van der Waals surface area contributed by atoms with Gasteiger partial charge in [-0.15, -0.1) is 0 Å². The van der Waals surface area contributed by atoms with Crippen LogP contribution in [0.4, 0.5) is 0 Å². The van der Waals surface area contributed by atoms with Crippen LogP contribution < -0.4 is 10.1 Å². The summed E-state index contributed by atoms with van der Waals surface area (Å²) >= 11 is 0. The monoisotopic (exact) mass is 368 g/mol. The van der Waals surface area contributed by atoms with Crippen molar-refractivity contribution >= 4 is 11.8 Å². The van der Waals surface area contributed by atoms with Crippen LogP contribution >= 0.6 is 0 Å². The first-order chi connectivity index (χ1) is 13.2. The zero-order chi connectivity index (χ0) is 18.9. The van der Waals surface area contributed by atoms with Crippen molar-refractivity contribution in [3.05, 3.63) is 54.1 Å². The third kappa shape index (κ3) is 5.77. The number of hydrogen-bond donors (Lipinski definition) is 1. The van der Waals surface area contributed by atoms with Crippen LogP contribution in [0.15, 0.2) is 42.9 Å². The topological polar surface area (TPSA) is 84.4 Å². The molecule has 1 fully saturated rings. The number of hydrogen-bond acceptors (Lipinski definition) is 5. The van der Waals surface area contributed by atoms with Gasteiger partial charge in [0, 0.05) is 50.2 Å². The second kappa shape index (κ2) is 9.66. The molecule has 2 heterocycles. The lowest BCUT2D eigenvalue weighted by Crippen LogP contribution is -2.38. The van der Waals surface area contributed by atoms with E-state index in [1.165, 1.54) is 6.42 Å². The van der Waals surface area contributed by atoms with E-state index in [2.05, 4.69) is 15.3 Å². The van der Waals surface area contributed by atoms with Gasteiger partial charge in [-0.1, -0.05) is 6.07 Å². The molecular formula is C20H24N4O3. The van der Waals surface area contributed by atoms with Crippen LogP contribution in [0.1, 0.15) is 35.3 Å². The highest BCUT2D eigenvalue weighted by Crippen LogP contribution is 2.14. The zero-order valence-electron chi connectivity index (χ0n) is 15.3. The third-order valence-corrected chi connectivity index (χ3v) is 4.45. The van der Waals surface area contributed by atoms with E-state index in [-0.39, 0.29) is 18.4 Å². The van der Waals surface area contributed by atoms with Crippen LogP contribution in [0.5, 0.6) is 5.75 Å². The van der Waals surface area contributed by atoms with Gasteiger partial charge in [-0.05, 0) is 37.5 Å². The molecule has 1 aromatic heterocycles. The van der Waals surface area contributed by atoms with Crippen molar-refractivity contribution in [1.29, 1.82) is 0 Å². The molecule has 7 nitrogen and oxygen atoms in total. The van der Waals surface area contributed by atoms with Gasteiger partial charge in [0.25, 0.3) is 11.8 Å². The van der Waals surface area contributed by atoms with Crippen LogP contribution in [-0.4, -0.2) is 52.9 Å². The lowest BCUT2D eigenvalue weighted by Gasteiger charge is -2.26. The van der Waals surface area contributed by atoms with Gasteiger partial charge < -0.3 is 15.0 Å². The quantitative estimate of drug-likeness (QED) is 0.806. The number of likely N-dealkylation sites (tertiary alicyclic amines) is 1. The summed E-state index contributed by atoms with van der Waals surface area (Å²) in [6, 6.07) is 6.87. The van der Waals surface area contributed by atoms with E-state index in [0.717, 1.165) is 31.6 Å². The van der Waals surface area contributed by atoms with Crippen molar-refractivity contribution in [1.82, 2.24) is 20.2 Å². The minimum Gasteiger partial charge on any atom is -0.484 e. The summed E-state index contributed by atoms with van der Waals surface area (Å²) in [5.41, 5.74) is 1.32. The number of amides is 2. The van der Waals surface area contributed by atoms with Crippen LogP contribution in [0.3, 0.4) is 0 Å². The lowest BCUT2D eigenvalue weighted by atomic mass is 10.1. The molecule has 2 amide bonds. The van der Waals surface area contributed by atoms with Gasteiger partial charge in [0.05, 0.1) is 5.69 Å². The van der Waals surface area contributed by atoms with Gasteiger partial charge in [-0.2, -0.15) is 0 Å². The molecule has 0 aliphatic carbocycles. The van der Waals surface area contributed by atoms with Crippen molar-refractivity contribution < 1.29 is 14.3 Å². The zero-order valence-corrected chi connectivity index (χ0v) is 15.3. The highest BCUT2D eigenvalue weighted by atomic mass is 16.5. The maximum absolute atomic E-state index is 12.3. The molecule has 1 N–H and O–H groups in total. The number of ether oxygens (including phenoxy) is 1. The van der Waals surface area contributed by atoms with Gasteiger partial charge in [0.15, 0.2) is 6.61 Å². The van der Waals surface area contributed by atoms with Crippen molar-refractivity contribution in [2.24, 2.45) is 0 Å².